The number of benzene rings is 6. The quantitative estimate of drug-likeness (QED) is 0.0997. The van der Waals surface area contributed by atoms with Gasteiger partial charge in [-0.3, -0.25) is 0 Å². The Bertz CT molecular complexity index is 4790. The Hall–Kier alpha value is -4.24. The molecule has 0 unspecified atom stereocenters. The van der Waals surface area contributed by atoms with Gasteiger partial charge in [0.25, 0.3) is 5.60 Å². The third-order valence-corrected chi connectivity index (χ3v) is 35.1. The molecule has 0 amide bonds. The van der Waals surface area contributed by atoms with Gasteiger partial charge >= 0.3 is 334 Å². The fourth-order valence-corrected chi connectivity index (χ4v) is 24.7. The summed E-state index contributed by atoms with van der Waals surface area (Å²) in [5.74, 6) is 3.99. The zero-order chi connectivity index (χ0) is 95.8. The monoisotopic (exact) mass is 2290 g/mol. The van der Waals surface area contributed by atoms with Crippen LogP contribution in [-0.4, -0.2) is 68.9 Å². The van der Waals surface area contributed by atoms with Crippen LogP contribution in [0.15, 0.2) is 113 Å². The van der Waals surface area contributed by atoms with Gasteiger partial charge in [0.15, 0.2) is 5.60 Å². The van der Waals surface area contributed by atoms with Crippen LogP contribution < -0.4 is 9.97 Å². The molecule has 4 fully saturated rings. The number of phenolic OH excluding ortho intramolecular Hbond substituents is 2. The van der Waals surface area contributed by atoms with Crippen molar-refractivity contribution >= 4 is 88.3 Å². The first-order chi connectivity index (χ1) is 59.2. The van der Waals surface area contributed by atoms with E-state index in [0.717, 1.165) is 112 Å². The Morgan fingerprint density at radius 1 is 0.367 bits per heavy atom. The van der Waals surface area contributed by atoms with Crippen molar-refractivity contribution < 1.29 is 114 Å². The van der Waals surface area contributed by atoms with E-state index in [-0.39, 0.29) is 60.7 Å². The molecule has 6 aromatic carbocycles. The molecule has 0 radical (unpaired) electrons. The molecule has 0 aliphatic heterocycles. The van der Waals surface area contributed by atoms with Gasteiger partial charge in [-0.2, -0.15) is 62.3 Å². The first-order valence-corrected chi connectivity index (χ1v) is 53.8. The fraction of sp³-hybridized carbons (Fsp3) is 0.544. The standard InChI is InChI=1S/2C21H22Br2O.C10H15N.2C8H9N.2C6H8N.3C5H10.C4H4F6O.C4H7F3O.3Mo/c2*1-12-17(22)10-13-6-2-4-8-15(13)19(12)20-16-9-5-3-7-14(16)11-18(23)21(20)24;11-10-4-7-1-8(5-10)3-9(2-7)6-10;2*1-6-4-3-5-7(2)8(6)9;2*1-5-3-4-6(2)7-5;3*1-5(2,3)4;1-2(11,3(5,6)7)4(8,9)10;1-3(2,8)4(5,6)7;;;/h2*10-11,24H,2-9H2,1H3;7-9H,1-6H2;2*3-5H,1-2H3;2*3-4H,1-2H3;3*1H,2-4H3;11H,1H3;8H,1-2H3;;;/q;;;;;2*-1;;;;;;;;. The molecule has 4 N–H and O–H groups in total. The van der Waals surface area contributed by atoms with Crippen LogP contribution in [0.3, 0.4) is 0 Å². The molecule has 128 heavy (non-hydrogen) atoms. The van der Waals surface area contributed by atoms with Gasteiger partial charge in [-0.1, -0.05) is 83.8 Å². The summed E-state index contributed by atoms with van der Waals surface area (Å²) >= 11 is 13.8. The van der Waals surface area contributed by atoms with Crippen LogP contribution >= 0.6 is 63.7 Å². The molecule has 8 aromatic rings. The molecule has 16 rings (SSSR count). The zero-order valence-electron chi connectivity index (χ0n) is 78.8. The Kier molecular flexibility index (Phi) is 41.1. The van der Waals surface area contributed by atoms with Gasteiger partial charge in [-0.25, -0.2) is 0 Å². The van der Waals surface area contributed by atoms with Gasteiger partial charge in [0.2, 0.25) is 0 Å². The number of aryl methyl sites for hydroxylation is 12. The summed E-state index contributed by atoms with van der Waals surface area (Å²) < 4.78 is 128. The van der Waals surface area contributed by atoms with Gasteiger partial charge in [-0.15, -0.1) is 0 Å². The topological polar surface area (TPSA) is 146 Å². The molecule has 2 aromatic heterocycles. The number of rotatable bonds is 5. The van der Waals surface area contributed by atoms with Crippen molar-refractivity contribution in [2.24, 2.45) is 44.5 Å². The van der Waals surface area contributed by atoms with Crippen LogP contribution in [0.4, 0.5) is 50.9 Å². The number of hydrogen-bond donors (Lipinski definition) is 4. The number of aliphatic hydroxyl groups is 2. The second-order valence-corrected chi connectivity index (χ2v) is 47.6. The van der Waals surface area contributed by atoms with Crippen molar-refractivity contribution in [1.82, 2.24) is 9.97 Å². The predicted octanol–water partition coefficient (Wildman–Crippen LogP) is 31.2. The molecule has 8 aliphatic rings. The predicted molar refractivity (Wildman–Crippen MR) is 513 cm³/mol. The molecular weight excluding hydrogens is 2150 g/mol. The maximum atomic E-state index is 11.4. The van der Waals surface area contributed by atoms with Crippen LogP contribution in [0.5, 0.6) is 11.5 Å². The average Bonchev–Trinajstić information content (AvgIpc) is 0.797. The summed E-state index contributed by atoms with van der Waals surface area (Å²) in [6.07, 6.45) is 12.0. The molecular formula is C103H134Br4F9Mo3N5O4-2. The molecule has 4 bridgehead atoms. The Morgan fingerprint density at radius 3 is 0.852 bits per heavy atom. The summed E-state index contributed by atoms with van der Waals surface area (Å²) in [5.41, 5.74) is 25.0. The Morgan fingerprint density at radius 2 is 0.617 bits per heavy atom. The van der Waals surface area contributed by atoms with E-state index in [1.165, 1.54) is 199 Å². The Balaban J connectivity index is 0.000000204. The van der Waals surface area contributed by atoms with Crippen molar-refractivity contribution in [3.05, 3.63) is 203 Å². The number of fused-ring (bicyclic) bond motifs is 4. The van der Waals surface area contributed by atoms with Crippen LogP contribution in [0.2, 0.25) is 0 Å². The van der Waals surface area contributed by atoms with E-state index in [1.807, 2.05) is 52.0 Å². The summed E-state index contributed by atoms with van der Waals surface area (Å²) in [4.78, 5) is 8.22. The van der Waals surface area contributed by atoms with E-state index in [0.29, 0.717) is 47.1 Å². The first-order valence-electron chi connectivity index (χ1n) is 44.5. The zero-order valence-corrected chi connectivity index (χ0v) is 91.1. The number of phenols is 2. The van der Waals surface area contributed by atoms with Crippen molar-refractivity contribution in [3.63, 3.8) is 0 Å². The summed E-state index contributed by atoms with van der Waals surface area (Å²) in [7, 11) is 0. The average molecular weight is 2280 g/mol. The Labute approximate surface area is 814 Å². The molecule has 4 saturated carbocycles. The molecule has 0 atom stereocenters. The van der Waals surface area contributed by atoms with Crippen molar-refractivity contribution in [2.45, 2.75) is 329 Å². The van der Waals surface area contributed by atoms with Crippen LogP contribution in [-0.2, 0) is 105 Å². The van der Waals surface area contributed by atoms with E-state index in [9.17, 15) is 49.7 Å². The minimum atomic E-state index is -5.69. The van der Waals surface area contributed by atoms with Gasteiger partial charge < -0.3 is 30.4 Å². The van der Waals surface area contributed by atoms with Crippen LogP contribution in [0, 0.1) is 103 Å². The summed E-state index contributed by atoms with van der Waals surface area (Å²) in [6.45, 7) is 42.3. The van der Waals surface area contributed by atoms with Gasteiger partial charge in [0, 0.05) is 20.1 Å². The van der Waals surface area contributed by atoms with Gasteiger partial charge in [0.05, 0.1) is 8.95 Å². The van der Waals surface area contributed by atoms with Gasteiger partial charge in [0.1, 0.15) is 11.5 Å². The molecule has 8 aliphatic carbocycles. The SMILES string of the molecule is CC(C)(C)[CH]=[Mo]=[N]C12CC3CC(CC(C3)C1)C2.CC(C)(O)C(F)(F)F.CC(O)(C(F)(F)F)C(F)(F)F.Cc1c(Br)cc2c(c1-c1c(O)c(Br)cc3c1CCCC3)CCCC2.Cc1c(Br)cc2c(c1-c1c(O)c(Br)cc3c1CCCC3)CCCC2.Cc1ccc(C)[n-]1.Cc1ccc(C)[n-]1.Cc1cccc(C)c1[N]=[Mo]=[CH]C(C)(C)C.Cc1cccc(C)c1[N]=[Mo]=[CH]C(C)(C)C. The van der Waals surface area contributed by atoms with Crippen molar-refractivity contribution in [1.29, 1.82) is 0 Å². The van der Waals surface area contributed by atoms with Gasteiger partial charge in [-0.05, 0) is 260 Å². The van der Waals surface area contributed by atoms with E-state index in [4.69, 9.17) is 20.7 Å². The van der Waals surface area contributed by atoms with E-state index in [2.05, 4.69) is 251 Å². The number of nitrogens with zero attached hydrogens (tertiary/aromatic N) is 5. The molecule has 9 nitrogen and oxygen atoms in total. The third kappa shape index (κ3) is 32.5. The van der Waals surface area contributed by atoms with E-state index < -0.39 is 29.7 Å². The number of aromatic nitrogens is 2. The fourth-order valence-electron chi connectivity index (χ4n) is 17.1. The molecule has 25 heteroatoms. The number of hydrogen-bond acceptors (Lipinski definition) is 7. The second-order valence-electron chi connectivity index (χ2n) is 39.5. The first kappa shape index (κ1) is 111. The molecule has 0 spiro atoms. The van der Waals surface area contributed by atoms with Crippen molar-refractivity contribution in [2.75, 3.05) is 0 Å². The normalized spacial score (nSPS) is 17.8. The molecule has 0 saturated heterocycles. The third-order valence-electron chi connectivity index (χ3n) is 23.6. The minimum absolute atomic E-state index is 0.214. The van der Waals surface area contributed by atoms with Crippen LogP contribution in [0.1, 0.15) is 274 Å². The second kappa shape index (κ2) is 47.5. The number of aromatic hydroxyl groups is 2. The maximum absolute atomic E-state index is 11.4. The summed E-state index contributed by atoms with van der Waals surface area (Å²) in [5, 5.41) is 38.1. The van der Waals surface area contributed by atoms with Crippen LogP contribution in [0.25, 0.3) is 22.3 Å². The summed E-state index contributed by atoms with van der Waals surface area (Å²) in [6, 6.07) is 29.6. The van der Waals surface area contributed by atoms with Crippen molar-refractivity contribution in [3.8, 4) is 33.8 Å². The van der Waals surface area contributed by atoms with E-state index >= 15 is 0 Å². The number of halogens is 13. The molecule has 706 valence electrons. The molecule has 2 heterocycles. The number of alkyl halides is 9. The van der Waals surface area contributed by atoms with E-state index in [1.54, 1.807) is 0 Å².